The van der Waals surface area contributed by atoms with Gasteiger partial charge in [-0.05, 0) is 11.6 Å². The van der Waals surface area contributed by atoms with Gasteiger partial charge in [-0.25, -0.2) is 4.39 Å². The first kappa shape index (κ1) is 15.0. The van der Waals surface area contributed by atoms with Crippen LogP contribution in [0.15, 0.2) is 24.3 Å². The standard InChI is InChI=1S/C14H8F4N4O/c15-8-4-2-1-3-6(8)9-7(5-19)12(20)23-13-10(9)11(21-22-13)14(16,17)18/h1-4,7,9,20H,(H,21,22). The van der Waals surface area contributed by atoms with Gasteiger partial charge in [0.15, 0.2) is 0 Å². The number of nitrogens with one attached hydrogen (secondary N) is 2. The predicted octanol–water partition coefficient (Wildman–Crippen LogP) is 3.21. The Labute approximate surface area is 127 Å². The van der Waals surface area contributed by atoms with Crippen LogP contribution in [-0.4, -0.2) is 16.1 Å². The zero-order valence-corrected chi connectivity index (χ0v) is 11.3. The fourth-order valence-corrected chi connectivity index (χ4v) is 2.60. The summed E-state index contributed by atoms with van der Waals surface area (Å²) >= 11 is 0. The molecular formula is C14H8F4N4O. The Morgan fingerprint density at radius 3 is 2.61 bits per heavy atom. The average Bonchev–Trinajstić information content (AvgIpc) is 2.90. The highest BCUT2D eigenvalue weighted by Crippen LogP contribution is 2.47. The zero-order chi connectivity index (χ0) is 16.8. The maximum atomic E-state index is 14.1. The minimum atomic E-state index is -4.78. The molecule has 1 aliphatic heterocycles. The third-order valence-electron chi connectivity index (χ3n) is 3.57. The normalized spacial score (nSPS) is 20.6. The van der Waals surface area contributed by atoms with Crippen LogP contribution in [0.3, 0.4) is 0 Å². The van der Waals surface area contributed by atoms with Crippen LogP contribution in [0.25, 0.3) is 0 Å². The number of H-pyrrole nitrogens is 1. The van der Waals surface area contributed by atoms with Crippen molar-refractivity contribution in [2.45, 2.75) is 12.1 Å². The van der Waals surface area contributed by atoms with Crippen molar-refractivity contribution in [1.29, 1.82) is 10.7 Å². The second-order valence-corrected chi connectivity index (χ2v) is 4.89. The summed E-state index contributed by atoms with van der Waals surface area (Å²) in [5, 5.41) is 22.1. The first-order valence-corrected chi connectivity index (χ1v) is 6.40. The predicted molar refractivity (Wildman–Crippen MR) is 69.3 cm³/mol. The van der Waals surface area contributed by atoms with E-state index in [4.69, 9.17) is 10.1 Å². The minimum Gasteiger partial charge on any atom is -0.422 e. The van der Waals surface area contributed by atoms with E-state index >= 15 is 0 Å². The molecular weight excluding hydrogens is 316 g/mol. The summed E-state index contributed by atoms with van der Waals surface area (Å²) in [6, 6.07) is 6.89. The van der Waals surface area contributed by atoms with Gasteiger partial charge in [0.2, 0.25) is 11.8 Å². The van der Waals surface area contributed by atoms with E-state index in [2.05, 4.69) is 5.10 Å². The zero-order valence-electron chi connectivity index (χ0n) is 11.3. The number of ether oxygens (including phenoxy) is 1. The van der Waals surface area contributed by atoms with Gasteiger partial charge in [-0.3, -0.25) is 10.5 Å². The van der Waals surface area contributed by atoms with Crippen molar-refractivity contribution in [3.8, 4) is 11.9 Å². The van der Waals surface area contributed by atoms with Gasteiger partial charge in [0, 0.05) is 5.92 Å². The number of hydrogen-bond acceptors (Lipinski definition) is 4. The van der Waals surface area contributed by atoms with Crippen LogP contribution in [0, 0.1) is 28.5 Å². The number of aromatic amines is 1. The van der Waals surface area contributed by atoms with Gasteiger partial charge in [0.05, 0.1) is 11.6 Å². The fraction of sp³-hybridized carbons (Fsp3) is 0.214. The number of aromatic nitrogens is 2. The van der Waals surface area contributed by atoms with E-state index in [1.54, 1.807) is 6.07 Å². The number of nitriles is 1. The molecule has 1 aromatic heterocycles. The molecule has 2 heterocycles. The van der Waals surface area contributed by atoms with Gasteiger partial charge in [-0.15, -0.1) is 5.10 Å². The van der Waals surface area contributed by atoms with Gasteiger partial charge in [0.1, 0.15) is 17.4 Å². The number of hydrogen-bond donors (Lipinski definition) is 2. The number of nitrogens with zero attached hydrogens (tertiary/aromatic N) is 2. The monoisotopic (exact) mass is 324 g/mol. The first-order chi connectivity index (χ1) is 10.8. The van der Waals surface area contributed by atoms with E-state index < -0.39 is 46.9 Å². The van der Waals surface area contributed by atoms with Crippen LogP contribution in [0.1, 0.15) is 22.7 Å². The van der Waals surface area contributed by atoms with E-state index in [0.717, 1.165) is 6.07 Å². The minimum absolute atomic E-state index is 0.125. The van der Waals surface area contributed by atoms with Gasteiger partial charge >= 0.3 is 6.18 Å². The Balaban J connectivity index is 2.29. The lowest BCUT2D eigenvalue weighted by Crippen LogP contribution is -2.32. The van der Waals surface area contributed by atoms with Gasteiger partial charge < -0.3 is 4.74 Å². The SMILES string of the molecule is N#CC1C(=N)Oc2n[nH]c(C(F)(F)F)c2C1c1ccccc1F. The average molecular weight is 324 g/mol. The first-order valence-electron chi connectivity index (χ1n) is 6.40. The van der Waals surface area contributed by atoms with Crippen molar-refractivity contribution in [1.82, 2.24) is 10.2 Å². The highest BCUT2D eigenvalue weighted by atomic mass is 19.4. The molecule has 2 N–H and O–H groups in total. The van der Waals surface area contributed by atoms with Gasteiger partial charge in [-0.2, -0.15) is 18.4 Å². The molecule has 23 heavy (non-hydrogen) atoms. The second-order valence-electron chi connectivity index (χ2n) is 4.89. The summed E-state index contributed by atoms with van der Waals surface area (Å²) in [5.41, 5.74) is -1.81. The van der Waals surface area contributed by atoms with Crippen molar-refractivity contribution in [3.05, 3.63) is 46.9 Å². The number of alkyl halides is 3. The van der Waals surface area contributed by atoms with Crippen molar-refractivity contribution in [2.24, 2.45) is 5.92 Å². The van der Waals surface area contributed by atoms with E-state index in [9.17, 15) is 22.8 Å². The van der Waals surface area contributed by atoms with Crippen molar-refractivity contribution < 1.29 is 22.3 Å². The van der Waals surface area contributed by atoms with Crippen LogP contribution in [-0.2, 0) is 6.18 Å². The Morgan fingerprint density at radius 1 is 1.30 bits per heavy atom. The smallest absolute Gasteiger partial charge is 0.422 e. The summed E-state index contributed by atoms with van der Waals surface area (Å²) in [7, 11) is 0. The van der Waals surface area contributed by atoms with E-state index in [0.29, 0.717) is 0 Å². The Morgan fingerprint density at radius 2 is 2.00 bits per heavy atom. The summed E-state index contributed by atoms with van der Waals surface area (Å²) in [5.74, 6) is -4.55. The molecule has 3 rings (SSSR count). The topological polar surface area (TPSA) is 85.6 Å². The highest BCUT2D eigenvalue weighted by molar-refractivity contribution is 5.84. The molecule has 0 radical (unpaired) electrons. The number of halogens is 4. The number of fused-ring (bicyclic) bond motifs is 1. The lowest BCUT2D eigenvalue weighted by molar-refractivity contribution is -0.142. The van der Waals surface area contributed by atoms with E-state index in [1.807, 2.05) is 5.10 Å². The molecule has 2 atom stereocenters. The van der Waals surface area contributed by atoms with Crippen molar-refractivity contribution in [3.63, 3.8) is 0 Å². The Bertz CT molecular complexity index is 821. The quantitative estimate of drug-likeness (QED) is 0.790. The molecule has 1 aromatic carbocycles. The molecule has 0 saturated heterocycles. The fourth-order valence-electron chi connectivity index (χ4n) is 2.60. The van der Waals surface area contributed by atoms with Crippen molar-refractivity contribution >= 4 is 5.90 Å². The van der Waals surface area contributed by atoms with Crippen LogP contribution in [0.5, 0.6) is 5.88 Å². The molecule has 9 heteroatoms. The molecule has 2 unspecified atom stereocenters. The second kappa shape index (κ2) is 5.08. The maximum Gasteiger partial charge on any atom is 0.433 e. The molecule has 0 aliphatic carbocycles. The highest BCUT2D eigenvalue weighted by Gasteiger charge is 2.47. The summed E-state index contributed by atoms with van der Waals surface area (Å²) in [6.07, 6.45) is -4.78. The molecule has 5 nitrogen and oxygen atoms in total. The van der Waals surface area contributed by atoms with Gasteiger partial charge in [-0.1, -0.05) is 18.2 Å². The van der Waals surface area contributed by atoms with E-state index in [-0.39, 0.29) is 5.56 Å². The van der Waals surface area contributed by atoms with E-state index in [1.165, 1.54) is 18.2 Å². The lowest BCUT2D eigenvalue weighted by atomic mass is 9.79. The Kier molecular flexibility index (Phi) is 3.32. The molecule has 1 aliphatic rings. The summed E-state index contributed by atoms with van der Waals surface area (Å²) in [6.45, 7) is 0. The summed E-state index contributed by atoms with van der Waals surface area (Å²) in [4.78, 5) is 0. The molecule has 118 valence electrons. The van der Waals surface area contributed by atoms with Crippen molar-refractivity contribution in [2.75, 3.05) is 0 Å². The third-order valence-corrected chi connectivity index (χ3v) is 3.57. The molecule has 0 amide bonds. The molecule has 0 fully saturated rings. The number of rotatable bonds is 1. The third kappa shape index (κ3) is 2.32. The van der Waals surface area contributed by atoms with Crippen LogP contribution >= 0.6 is 0 Å². The molecule has 0 saturated carbocycles. The summed E-state index contributed by atoms with van der Waals surface area (Å²) < 4.78 is 58.5. The lowest BCUT2D eigenvalue weighted by Gasteiger charge is -2.28. The largest absolute Gasteiger partial charge is 0.433 e. The van der Waals surface area contributed by atoms with Crippen LogP contribution in [0.2, 0.25) is 0 Å². The van der Waals surface area contributed by atoms with Crippen LogP contribution < -0.4 is 4.74 Å². The number of benzene rings is 1. The van der Waals surface area contributed by atoms with Gasteiger partial charge in [0.25, 0.3) is 0 Å². The van der Waals surface area contributed by atoms with Crippen LogP contribution in [0.4, 0.5) is 17.6 Å². The maximum absolute atomic E-state index is 14.1. The molecule has 2 aromatic rings. The molecule has 0 spiro atoms. The Hall–Kier alpha value is -2.89. The molecule has 0 bridgehead atoms.